The van der Waals surface area contributed by atoms with E-state index in [2.05, 4.69) is 15.6 Å². The number of benzene rings is 1. The number of nitrogens with one attached hydrogen (secondary N) is 3. The fourth-order valence-corrected chi connectivity index (χ4v) is 6.25. The number of piperidine rings is 1. The van der Waals surface area contributed by atoms with Crippen LogP contribution in [0.2, 0.25) is 0 Å². The van der Waals surface area contributed by atoms with Crippen molar-refractivity contribution in [2.24, 2.45) is 17.8 Å². The van der Waals surface area contributed by atoms with Crippen LogP contribution in [0.4, 0.5) is 22.0 Å². The molecular formula is C26H26F5N5O3. The summed E-state index contributed by atoms with van der Waals surface area (Å²) >= 11 is 0. The lowest BCUT2D eigenvalue weighted by Crippen LogP contribution is -2.52. The van der Waals surface area contributed by atoms with E-state index in [0.717, 1.165) is 23.1 Å². The molecule has 3 amide bonds. The quantitative estimate of drug-likeness (QED) is 0.475. The van der Waals surface area contributed by atoms with Gasteiger partial charge in [-0.05, 0) is 49.3 Å². The first-order chi connectivity index (χ1) is 18.5. The molecule has 1 aromatic carbocycles. The number of carbonyl (C=O) groups is 3. The number of alkyl halides is 4. The molecule has 3 N–H and O–H groups in total. The number of amides is 3. The Morgan fingerprint density at radius 3 is 2.72 bits per heavy atom. The maximum atomic E-state index is 14.4. The van der Waals surface area contributed by atoms with Gasteiger partial charge in [-0.3, -0.25) is 14.4 Å². The Hall–Kier alpha value is -3.69. The van der Waals surface area contributed by atoms with Gasteiger partial charge in [0.15, 0.2) is 0 Å². The van der Waals surface area contributed by atoms with Crippen LogP contribution in [0.3, 0.4) is 0 Å². The van der Waals surface area contributed by atoms with Crippen molar-refractivity contribution in [3.8, 4) is 6.07 Å². The van der Waals surface area contributed by atoms with Crippen LogP contribution in [0.25, 0.3) is 10.9 Å². The summed E-state index contributed by atoms with van der Waals surface area (Å²) in [7, 11) is 0. The van der Waals surface area contributed by atoms with E-state index in [4.69, 9.17) is 0 Å². The van der Waals surface area contributed by atoms with Gasteiger partial charge in [0.05, 0.1) is 11.6 Å². The Labute approximate surface area is 219 Å². The van der Waals surface area contributed by atoms with E-state index in [-0.39, 0.29) is 35.5 Å². The molecule has 5 rings (SSSR count). The number of nitrogens with zero attached hydrogens (tertiary/aromatic N) is 2. The molecule has 2 aliphatic heterocycles. The Balaban J connectivity index is 1.42. The summed E-state index contributed by atoms with van der Waals surface area (Å²) in [4.78, 5) is 42.7. The smallest absolute Gasteiger partial charge is 0.271 e. The van der Waals surface area contributed by atoms with Crippen LogP contribution < -0.4 is 10.6 Å². The zero-order valence-corrected chi connectivity index (χ0v) is 20.7. The Morgan fingerprint density at radius 2 is 2.03 bits per heavy atom. The second-order valence-electron chi connectivity index (χ2n) is 10.6. The van der Waals surface area contributed by atoms with E-state index in [0.29, 0.717) is 19.4 Å². The number of hydrogen-bond donors (Lipinski definition) is 3. The van der Waals surface area contributed by atoms with Crippen molar-refractivity contribution >= 4 is 28.6 Å². The molecule has 3 aliphatic rings. The molecule has 3 heterocycles. The topological polar surface area (TPSA) is 118 Å². The summed E-state index contributed by atoms with van der Waals surface area (Å²) in [5.74, 6) is -7.86. The number of aromatic amines is 1. The molecule has 2 aromatic rings. The van der Waals surface area contributed by atoms with Gasteiger partial charge in [-0.2, -0.15) is 5.26 Å². The lowest BCUT2D eigenvalue weighted by atomic mass is 9.90. The average molecular weight is 552 g/mol. The first-order valence-electron chi connectivity index (χ1n) is 12.7. The highest BCUT2D eigenvalue weighted by Gasteiger charge is 2.58. The van der Waals surface area contributed by atoms with Crippen molar-refractivity contribution in [3.05, 3.63) is 35.3 Å². The third-order valence-corrected chi connectivity index (χ3v) is 8.03. The van der Waals surface area contributed by atoms with Gasteiger partial charge in [0.2, 0.25) is 17.7 Å². The van der Waals surface area contributed by atoms with Crippen LogP contribution in [-0.2, 0) is 9.59 Å². The van der Waals surface area contributed by atoms with Crippen molar-refractivity contribution < 1.29 is 36.3 Å². The summed E-state index contributed by atoms with van der Waals surface area (Å²) < 4.78 is 69.9. The summed E-state index contributed by atoms with van der Waals surface area (Å²) in [6, 6.07) is 2.30. The highest BCUT2D eigenvalue weighted by molar-refractivity contribution is 6.01. The molecule has 3 fully saturated rings. The number of halogens is 5. The van der Waals surface area contributed by atoms with Crippen LogP contribution in [0.5, 0.6) is 0 Å². The second kappa shape index (κ2) is 10.1. The number of likely N-dealkylation sites (tertiary alicyclic amines) is 1. The standard InChI is InChI=1S/C26H26F5N5O3/c27-18-4-3-15(22(28)29)20-16(18)7-19(35-20)25(39)36-11-13-8-26(30,31)9-17(13)21(36)24(38)34-14(10-32)6-12-2-1-5-33-23(12)37/h3-4,7,12-14,17,21-22,35H,1-2,5-6,8-9,11H2,(H,33,37)(H,34,38)/t12-,13-,14-,17-,21+/m0/s1. The van der Waals surface area contributed by atoms with Crippen LogP contribution in [-0.4, -0.2) is 58.7 Å². The molecule has 1 aromatic heterocycles. The highest BCUT2D eigenvalue weighted by Crippen LogP contribution is 2.50. The average Bonchev–Trinajstić information content (AvgIpc) is 3.54. The molecule has 2 saturated heterocycles. The third-order valence-electron chi connectivity index (χ3n) is 8.03. The number of H-pyrrole nitrogens is 1. The molecule has 39 heavy (non-hydrogen) atoms. The summed E-state index contributed by atoms with van der Waals surface area (Å²) in [6.07, 6.45) is -2.86. The zero-order chi connectivity index (χ0) is 28.1. The van der Waals surface area contributed by atoms with E-state index < -0.39 is 78.2 Å². The van der Waals surface area contributed by atoms with Gasteiger partial charge < -0.3 is 20.5 Å². The van der Waals surface area contributed by atoms with Crippen molar-refractivity contribution in [2.45, 2.75) is 56.5 Å². The SMILES string of the molecule is N#C[C@H](C[C@@H]1CCCNC1=O)NC(=O)[C@H]1[C@H]2CC(F)(F)C[C@H]2CN1C(=O)c1cc2c(F)ccc(C(F)F)c2[nH]1. The minimum atomic E-state index is -3.03. The van der Waals surface area contributed by atoms with Crippen LogP contribution >= 0.6 is 0 Å². The van der Waals surface area contributed by atoms with E-state index in [1.807, 2.05) is 6.07 Å². The summed E-state index contributed by atoms with van der Waals surface area (Å²) in [5.41, 5.74) is -1.05. The molecule has 13 heteroatoms. The van der Waals surface area contributed by atoms with Gasteiger partial charge in [0, 0.05) is 42.8 Å². The summed E-state index contributed by atoms with van der Waals surface area (Å²) in [5, 5.41) is 14.6. The number of hydrogen-bond acceptors (Lipinski definition) is 4. The Bertz CT molecular complexity index is 1360. The molecular weight excluding hydrogens is 525 g/mol. The minimum absolute atomic E-state index is 0.0245. The van der Waals surface area contributed by atoms with Crippen molar-refractivity contribution in [2.75, 3.05) is 13.1 Å². The number of aromatic nitrogens is 1. The Morgan fingerprint density at radius 1 is 1.26 bits per heavy atom. The zero-order valence-electron chi connectivity index (χ0n) is 20.7. The lowest BCUT2D eigenvalue weighted by molar-refractivity contribution is -0.129. The first kappa shape index (κ1) is 26.9. The highest BCUT2D eigenvalue weighted by atomic mass is 19.3. The third kappa shape index (κ3) is 5.04. The first-order valence-corrected chi connectivity index (χ1v) is 12.7. The van der Waals surface area contributed by atoms with Crippen LogP contribution in [0.1, 0.15) is 54.6 Å². The van der Waals surface area contributed by atoms with Crippen molar-refractivity contribution in [3.63, 3.8) is 0 Å². The summed E-state index contributed by atoms with van der Waals surface area (Å²) in [6.45, 7) is 0.324. The minimum Gasteiger partial charge on any atom is -0.356 e. The molecule has 1 saturated carbocycles. The van der Waals surface area contributed by atoms with Gasteiger partial charge in [-0.15, -0.1) is 0 Å². The number of carbonyl (C=O) groups excluding carboxylic acids is 3. The number of rotatable bonds is 6. The van der Waals surface area contributed by atoms with Gasteiger partial charge >= 0.3 is 0 Å². The van der Waals surface area contributed by atoms with E-state index in [1.165, 1.54) is 0 Å². The molecule has 0 spiro atoms. The molecule has 208 valence electrons. The van der Waals surface area contributed by atoms with Crippen molar-refractivity contribution in [1.82, 2.24) is 20.5 Å². The van der Waals surface area contributed by atoms with Crippen LogP contribution in [0.15, 0.2) is 18.2 Å². The fraction of sp³-hybridized carbons (Fsp3) is 0.538. The second-order valence-corrected chi connectivity index (χ2v) is 10.6. The molecule has 0 radical (unpaired) electrons. The maximum absolute atomic E-state index is 14.4. The molecule has 0 bridgehead atoms. The molecule has 0 unspecified atom stereocenters. The lowest BCUT2D eigenvalue weighted by Gasteiger charge is -2.29. The molecule has 1 aliphatic carbocycles. The Kier molecular flexibility index (Phi) is 6.99. The predicted molar refractivity (Wildman–Crippen MR) is 127 cm³/mol. The van der Waals surface area contributed by atoms with Gasteiger partial charge in [0.25, 0.3) is 12.3 Å². The number of fused-ring (bicyclic) bond motifs is 2. The fourth-order valence-electron chi connectivity index (χ4n) is 6.25. The van der Waals surface area contributed by atoms with Gasteiger partial charge in [-0.25, -0.2) is 22.0 Å². The monoisotopic (exact) mass is 551 g/mol. The maximum Gasteiger partial charge on any atom is 0.271 e. The van der Waals surface area contributed by atoms with Crippen molar-refractivity contribution in [1.29, 1.82) is 5.26 Å². The number of nitriles is 1. The molecule has 8 nitrogen and oxygen atoms in total. The van der Waals surface area contributed by atoms with Gasteiger partial charge in [0.1, 0.15) is 23.6 Å². The van der Waals surface area contributed by atoms with E-state index in [1.54, 1.807) is 0 Å². The van der Waals surface area contributed by atoms with E-state index >= 15 is 0 Å². The van der Waals surface area contributed by atoms with Gasteiger partial charge in [-0.1, -0.05) is 0 Å². The molecule has 5 atom stereocenters. The predicted octanol–water partition coefficient (Wildman–Crippen LogP) is 3.66. The largest absolute Gasteiger partial charge is 0.356 e. The van der Waals surface area contributed by atoms with E-state index in [9.17, 15) is 41.6 Å². The van der Waals surface area contributed by atoms with Crippen LogP contribution in [0, 0.1) is 34.9 Å². The normalized spacial score (nSPS) is 26.8.